The molecule has 1 aliphatic heterocycles. The van der Waals surface area contributed by atoms with Crippen LogP contribution in [0, 0.1) is 6.20 Å². The number of H-pyrrole nitrogens is 1. The smallest absolute Gasteiger partial charge is 0.0887 e. The molecule has 10 heavy (non-hydrogen) atoms. The fraction of sp³-hybridized carbons (Fsp3) is 0.429. The predicted octanol–water partition coefficient (Wildman–Crippen LogP) is 1.67. The summed E-state index contributed by atoms with van der Waals surface area (Å²) in [6.45, 7) is 1.17. The van der Waals surface area contributed by atoms with E-state index in [2.05, 4.69) is 21.6 Å². The molecular formula is C7H9N2S. The molecule has 3 heteroatoms. The molecule has 1 radical (unpaired) electrons. The quantitative estimate of drug-likeness (QED) is 0.619. The molecule has 0 atom stereocenters. The highest BCUT2D eigenvalue weighted by Crippen LogP contribution is 2.26. The van der Waals surface area contributed by atoms with Crippen molar-refractivity contribution in [3.63, 3.8) is 0 Å². The van der Waals surface area contributed by atoms with Crippen LogP contribution in [0.3, 0.4) is 0 Å². The van der Waals surface area contributed by atoms with Gasteiger partial charge in [-0.2, -0.15) is 0 Å². The predicted molar refractivity (Wildman–Crippen MR) is 44.0 cm³/mol. The number of nitrogens with zero attached hydrogens (tertiary/aromatic N) is 1. The lowest BCUT2D eigenvalue weighted by molar-refractivity contribution is 0.989. The lowest BCUT2D eigenvalue weighted by atomic mass is 10.4. The Balaban J connectivity index is 2.12. The largest absolute Gasteiger partial charge is 0.358 e. The molecule has 1 N–H and O–H groups in total. The first-order valence-corrected chi connectivity index (χ1v) is 4.36. The van der Waals surface area contributed by atoms with E-state index in [0.29, 0.717) is 0 Å². The average Bonchev–Trinajstić information content (AvgIpc) is 2.59. The van der Waals surface area contributed by atoms with E-state index in [1.165, 1.54) is 24.4 Å². The summed E-state index contributed by atoms with van der Waals surface area (Å²) in [5.41, 5.74) is 1.18. The molecule has 0 saturated carbocycles. The number of hydrogen-bond acceptors (Lipinski definition) is 2. The van der Waals surface area contributed by atoms with Gasteiger partial charge in [-0.05, 0) is 24.4 Å². The zero-order chi connectivity index (χ0) is 6.81. The molecule has 0 aromatic carbocycles. The lowest BCUT2D eigenvalue weighted by Crippen LogP contribution is -2.07. The molecule has 2 heterocycles. The van der Waals surface area contributed by atoms with Gasteiger partial charge in [-0.25, -0.2) is 0 Å². The van der Waals surface area contributed by atoms with Crippen LogP contribution < -0.4 is 4.31 Å². The number of nitrogens with one attached hydrogen (secondary N) is 1. The standard InChI is InChI=1S/C7H9N2S/c1-4-9(10-5-1)7-2-3-8-6-7/h2-3,8H,1,4-5H2. The first-order valence-electron chi connectivity index (χ1n) is 3.42. The molecule has 1 fully saturated rings. The van der Waals surface area contributed by atoms with Crippen LogP contribution in [0.4, 0.5) is 5.69 Å². The van der Waals surface area contributed by atoms with Gasteiger partial charge < -0.3 is 9.29 Å². The maximum absolute atomic E-state index is 3.06. The van der Waals surface area contributed by atoms with Crippen molar-refractivity contribution in [2.24, 2.45) is 0 Å². The van der Waals surface area contributed by atoms with Crippen LogP contribution in [0.15, 0.2) is 12.3 Å². The second-order valence-electron chi connectivity index (χ2n) is 2.28. The summed E-state index contributed by atoms with van der Waals surface area (Å²) in [4.78, 5) is 2.93. The van der Waals surface area contributed by atoms with E-state index < -0.39 is 0 Å². The van der Waals surface area contributed by atoms with Gasteiger partial charge in [-0.15, -0.1) is 0 Å². The van der Waals surface area contributed by atoms with Gasteiger partial charge in [0.15, 0.2) is 0 Å². The van der Waals surface area contributed by atoms with E-state index in [1.54, 1.807) is 0 Å². The van der Waals surface area contributed by atoms with Crippen molar-refractivity contribution >= 4 is 17.6 Å². The Labute approximate surface area is 64.7 Å². The summed E-state index contributed by atoms with van der Waals surface area (Å²) in [6, 6.07) is 2.05. The molecule has 0 spiro atoms. The molecule has 1 aromatic rings. The molecule has 0 aliphatic carbocycles. The minimum atomic E-state index is 1.17. The third-order valence-electron chi connectivity index (χ3n) is 1.55. The van der Waals surface area contributed by atoms with E-state index in [4.69, 9.17) is 0 Å². The van der Waals surface area contributed by atoms with Crippen molar-refractivity contribution < 1.29 is 0 Å². The monoisotopic (exact) mass is 153 g/mol. The van der Waals surface area contributed by atoms with Gasteiger partial charge in [0, 0.05) is 18.5 Å². The van der Waals surface area contributed by atoms with E-state index >= 15 is 0 Å². The summed E-state index contributed by atoms with van der Waals surface area (Å²) < 4.78 is 2.27. The van der Waals surface area contributed by atoms with E-state index in [9.17, 15) is 0 Å². The Bertz CT molecular complexity index is 189. The zero-order valence-electron chi connectivity index (χ0n) is 5.63. The van der Waals surface area contributed by atoms with Gasteiger partial charge in [0.05, 0.1) is 11.9 Å². The second kappa shape index (κ2) is 2.58. The van der Waals surface area contributed by atoms with Gasteiger partial charge in [-0.1, -0.05) is 0 Å². The summed E-state index contributed by atoms with van der Waals surface area (Å²) >= 11 is 1.88. The van der Waals surface area contributed by atoms with Crippen LogP contribution in [0.2, 0.25) is 0 Å². The zero-order valence-corrected chi connectivity index (χ0v) is 6.45. The van der Waals surface area contributed by atoms with Crippen LogP contribution in [0.5, 0.6) is 0 Å². The molecule has 0 amide bonds. The van der Waals surface area contributed by atoms with Gasteiger partial charge in [0.2, 0.25) is 0 Å². The summed E-state index contributed by atoms with van der Waals surface area (Å²) in [5, 5.41) is 0. The van der Waals surface area contributed by atoms with Crippen LogP contribution in [-0.2, 0) is 0 Å². The number of aromatic nitrogens is 1. The Morgan fingerprint density at radius 3 is 3.30 bits per heavy atom. The van der Waals surface area contributed by atoms with Crippen LogP contribution in [0.25, 0.3) is 0 Å². The van der Waals surface area contributed by atoms with Gasteiger partial charge >= 0.3 is 0 Å². The minimum absolute atomic E-state index is 1.17. The third-order valence-corrected chi connectivity index (χ3v) is 2.71. The van der Waals surface area contributed by atoms with Crippen molar-refractivity contribution in [2.45, 2.75) is 6.42 Å². The summed E-state index contributed by atoms with van der Waals surface area (Å²) in [6.07, 6.45) is 6.27. The molecule has 2 rings (SSSR count). The highest BCUT2D eigenvalue weighted by Gasteiger charge is 2.12. The fourth-order valence-corrected chi connectivity index (χ4v) is 2.04. The molecule has 0 unspecified atom stereocenters. The number of rotatable bonds is 1. The highest BCUT2D eigenvalue weighted by atomic mass is 32.2. The lowest BCUT2D eigenvalue weighted by Gasteiger charge is -2.11. The molecule has 2 nitrogen and oxygen atoms in total. The van der Waals surface area contributed by atoms with Gasteiger partial charge in [0.1, 0.15) is 0 Å². The van der Waals surface area contributed by atoms with E-state index in [0.717, 1.165) is 0 Å². The Kier molecular flexibility index (Phi) is 1.59. The molecule has 1 saturated heterocycles. The van der Waals surface area contributed by atoms with Crippen molar-refractivity contribution in [1.29, 1.82) is 0 Å². The van der Waals surface area contributed by atoms with E-state index in [-0.39, 0.29) is 0 Å². The average molecular weight is 153 g/mol. The van der Waals surface area contributed by atoms with Gasteiger partial charge in [0.25, 0.3) is 0 Å². The molecule has 1 aromatic heterocycles. The number of aromatic amines is 1. The number of hydrogen-bond donors (Lipinski definition) is 1. The van der Waals surface area contributed by atoms with Crippen LogP contribution in [0.1, 0.15) is 6.42 Å². The van der Waals surface area contributed by atoms with Crippen LogP contribution >= 0.6 is 11.9 Å². The Hall–Kier alpha value is -0.570. The van der Waals surface area contributed by atoms with Crippen molar-refractivity contribution in [3.8, 4) is 0 Å². The second-order valence-corrected chi connectivity index (χ2v) is 3.38. The van der Waals surface area contributed by atoms with Gasteiger partial charge in [-0.3, -0.25) is 0 Å². The normalized spacial score (nSPS) is 18.2. The summed E-state index contributed by atoms with van der Waals surface area (Å²) in [7, 11) is 0. The van der Waals surface area contributed by atoms with Crippen molar-refractivity contribution in [1.82, 2.24) is 4.98 Å². The highest BCUT2D eigenvalue weighted by molar-refractivity contribution is 8.00. The first-order chi connectivity index (χ1) is 4.97. The third kappa shape index (κ3) is 1.01. The molecular weight excluding hydrogens is 144 g/mol. The maximum atomic E-state index is 3.06. The molecule has 0 bridgehead atoms. The van der Waals surface area contributed by atoms with Crippen molar-refractivity contribution in [2.75, 3.05) is 16.6 Å². The first kappa shape index (κ1) is 6.16. The maximum Gasteiger partial charge on any atom is 0.0887 e. The van der Waals surface area contributed by atoms with E-state index in [1.807, 2.05) is 18.1 Å². The summed E-state index contributed by atoms with van der Waals surface area (Å²) in [5.74, 6) is 1.25. The number of anilines is 1. The molecule has 53 valence electrons. The molecule has 1 aliphatic rings. The van der Waals surface area contributed by atoms with Crippen LogP contribution in [-0.4, -0.2) is 17.3 Å². The Morgan fingerprint density at radius 2 is 2.70 bits per heavy atom. The van der Waals surface area contributed by atoms with Crippen molar-refractivity contribution in [3.05, 3.63) is 18.5 Å². The topological polar surface area (TPSA) is 19.0 Å². The Morgan fingerprint density at radius 1 is 1.70 bits per heavy atom. The fourth-order valence-electron chi connectivity index (χ4n) is 1.06. The SMILES string of the molecule is [c]1[nH]ccc1N1CCCS1. The minimum Gasteiger partial charge on any atom is -0.358 e.